The van der Waals surface area contributed by atoms with Gasteiger partial charge < -0.3 is 20.0 Å². The average molecular weight is 466 g/mol. The van der Waals surface area contributed by atoms with Crippen molar-refractivity contribution in [1.29, 1.82) is 0 Å². The van der Waals surface area contributed by atoms with Crippen LogP contribution in [0.2, 0.25) is 0 Å². The number of rotatable bonds is 6. The summed E-state index contributed by atoms with van der Waals surface area (Å²) < 4.78 is 5.06. The number of nitrogens with zero attached hydrogens (tertiary/aromatic N) is 2. The van der Waals surface area contributed by atoms with Crippen LogP contribution in [0, 0.1) is 0 Å². The number of hydrogen-bond donors (Lipinski definition) is 2. The highest BCUT2D eigenvalue weighted by Gasteiger charge is 2.21. The first-order valence-corrected chi connectivity index (χ1v) is 9.26. The smallest absolute Gasteiger partial charge is 0.287 e. The van der Waals surface area contributed by atoms with Gasteiger partial charge in [0.25, 0.3) is 5.91 Å². The SMILES string of the molecule is CCNC(=NCCNC(=O)c1ccco1)N1CCSC(CC)C1.I. The van der Waals surface area contributed by atoms with Gasteiger partial charge in [-0.05, 0) is 25.5 Å². The zero-order chi connectivity index (χ0) is 16.5. The molecule has 0 radical (unpaired) electrons. The molecule has 0 bridgehead atoms. The van der Waals surface area contributed by atoms with Crippen molar-refractivity contribution in [2.24, 2.45) is 4.99 Å². The van der Waals surface area contributed by atoms with Crippen LogP contribution >= 0.6 is 35.7 Å². The number of amides is 1. The van der Waals surface area contributed by atoms with E-state index in [4.69, 9.17) is 4.42 Å². The van der Waals surface area contributed by atoms with Crippen LogP contribution in [0.4, 0.5) is 0 Å². The Bertz CT molecular complexity index is 510. The van der Waals surface area contributed by atoms with Gasteiger partial charge in [-0.3, -0.25) is 9.79 Å². The maximum Gasteiger partial charge on any atom is 0.287 e. The topological polar surface area (TPSA) is 69.9 Å². The van der Waals surface area contributed by atoms with Crippen molar-refractivity contribution in [1.82, 2.24) is 15.5 Å². The molecule has 1 aromatic rings. The van der Waals surface area contributed by atoms with Crippen molar-refractivity contribution < 1.29 is 9.21 Å². The minimum Gasteiger partial charge on any atom is -0.459 e. The van der Waals surface area contributed by atoms with Crippen molar-refractivity contribution in [2.75, 3.05) is 38.5 Å². The molecule has 6 nitrogen and oxygen atoms in total. The van der Waals surface area contributed by atoms with E-state index in [-0.39, 0.29) is 29.9 Å². The largest absolute Gasteiger partial charge is 0.459 e. The maximum atomic E-state index is 11.8. The third kappa shape index (κ3) is 6.54. The Labute approximate surface area is 165 Å². The molecule has 0 aromatic carbocycles. The summed E-state index contributed by atoms with van der Waals surface area (Å²) in [6.07, 6.45) is 2.68. The van der Waals surface area contributed by atoms with Crippen LogP contribution in [0.3, 0.4) is 0 Å². The first-order valence-electron chi connectivity index (χ1n) is 8.21. The fourth-order valence-electron chi connectivity index (χ4n) is 2.41. The zero-order valence-corrected chi connectivity index (χ0v) is 17.4. The lowest BCUT2D eigenvalue weighted by atomic mass is 10.3. The van der Waals surface area contributed by atoms with Gasteiger partial charge in [-0.15, -0.1) is 24.0 Å². The van der Waals surface area contributed by atoms with Crippen molar-refractivity contribution in [2.45, 2.75) is 25.5 Å². The lowest BCUT2D eigenvalue weighted by molar-refractivity contribution is 0.0927. The Kier molecular flexibility index (Phi) is 10.2. The summed E-state index contributed by atoms with van der Waals surface area (Å²) in [5, 5.41) is 6.84. The van der Waals surface area contributed by atoms with Crippen LogP contribution in [0.5, 0.6) is 0 Å². The summed E-state index contributed by atoms with van der Waals surface area (Å²) in [4.78, 5) is 18.7. The number of guanidine groups is 1. The summed E-state index contributed by atoms with van der Waals surface area (Å²) in [5.41, 5.74) is 0. The molecule has 1 aliphatic rings. The standard InChI is InChI=1S/C16H26N4O2S.HI/c1-3-13-12-20(9-11-23-13)16(17-4-2)19-8-7-18-15(21)14-6-5-10-22-14;/h5-6,10,13H,3-4,7-9,11-12H2,1-2H3,(H,17,19)(H,18,21);1H. The second kappa shape index (κ2) is 11.6. The van der Waals surface area contributed by atoms with E-state index in [1.165, 1.54) is 12.7 Å². The van der Waals surface area contributed by atoms with E-state index in [0.29, 0.717) is 24.1 Å². The van der Waals surface area contributed by atoms with E-state index in [9.17, 15) is 4.79 Å². The van der Waals surface area contributed by atoms with Crippen LogP contribution in [0.15, 0.2) is 27.8 Å². The first kappa shape index (κ1) is 21.1. The van der Waals surface area contributed by atoms with Gasteiger partial charge >= 0.3 is 0 Å². The first-order chi connectivity index (χ1) is 11.2. The normalized spacial score (nSPS) is 18.0. The predicted molar refractivity (Wildman–Crippen MR) is 111 cm³/mol. The summed E-state index contributed by atoms with van der Waals surface area (Å²) in [5.74, 6) is 2.21. The molecule has 1 saturated heterocycles. The van der Waals surface area contributed by atoms with Crippen LogP contribution in [-0.4, -0.2) is 60.5 Å². The minimum atomic E-state index is -0.198. The highest BCUT2D eigenvalue weighted by atomic mass is 127. The number of furan rings is 1. The second-order valence-electron chi connectivity index (χ2n) is 5.32. The van der Waals surface area contributed by atoms with Crippen molar-refractivity contribution in [3.8, 4) is 0 Å². The molecule has 0 spiro atoms. The molecule has 1 aromatic heterocycles. The molecule has 0 saturated carbocycles. The molecule has 136 valence electrons. The van der Waals surface area contributed by atoms with Crippen molar-refractivity contribution >= 4 is 47.6 Å². The van der Waals surface area contributed by atoms with Crippen LogP contribution in [-0.2, 0) is 0 Å². The summed E-state index contributed by atoms with van der Waals surface area (Å²) >= 11 is 2.04. The van der Waals surface area contributed by atoms with Gasteiger partial charge in [0.2, 0.25) is 0 Å². The molecule has 2 heterocycles. The van der Waals surface area contributed by atoms with E-state index < -0.39 is 0 Å². The fraction of sp³-hybridized carbons (Fsp3) is 0.625. The molecule has 1 unspecified atom stereocenters. The van der Waals surface area contributed by atoms with Gasteiger partial charge in [0, 0.05) is 37.2 Å². The van der Waals surface area contributed by atoms with Gasteiger partial charge in [0.1, 0.15) is 0 Å². The average Bonchev–Trinajstić information content (AvgIpc) is 3.12. The Morgan fingerprint density at radius 1 is 1.46 bits per heavy atom. The van der Waals surface area contributed by atoms with E-state index in [0.717, 1.165) is 31.3 Å². The molecule has 0 aliphatic carbocycles. The highest BCUT2D eigenvalue weighted by molar-refractivity contribution is 14.0. The van der Waals surface area contributed by atoms with Gasteiger partial charge in [0.15, 0.2) is 11.7 Å². The molecule has 24 heavy (non-hydrogen) atoms. The van der Waals surface area contributed by atoms with E-state index >= 15 is 0 Å². The van der Waals surface area contributed by atoms with E-state index in [2.05, 4.69) is 34.4 Å². The van der Waals surface area contributed by atoms with E-state index in [1.54, 1.807) is 12.1 Å². The van der Waals surface area contributed by atoms with Gasteiger partial charge in [-0.1, -0.05) is 6.92 Å². The van der Waals surface area contributed by atoms with Gasteiger partial charge in [-0.2, -0.15) is 11.8 Å². The lowest BCUT2D eigenvalue weighted by Crippen LogP contribution is -2.48. The number of nitrogens with one attached hydrogen (secondary N) is 2. The molecule has 8 heteroatoms. The number of aliphatic imine (C=N–C) groups is 1. The summed E-state index contributed by atoms with van der Waals surface area (Å²) in [6.45, 7) is 8.25. The second-order valence-corrected chi connectivity index (χ2v) is 6.72. The van der Waals surface area contributed by atoms with Crippen molar-refractivity contribution in [3.63, 3.8) is 0 Å². The monoisotopic (exact) mass is 466 g/mol. The number of hydrogen-bond acceptors (Lipinski definition) is 4. The zero-order valence-electron chi connectivity index (χ0n) is 14.3. The Balaban J connectivity index is 0.00000288. The van der Waals surface area contributed by atoms with Gasteiger partial charge in [0.05, 0.1) is 12.8 Å². The molecule has 1 atom stereocenters. The third-order valence-electron chi connectivity index (χ3n) is 3.63. The Morgan fingerprint density at radius 3 is 2.96 bits per heavy atom. The predicted octanol–water partition coefficient (Wildman–Crippen LogP) is 2.42. The van der Waals surface area contributed by atoms with Crippen molar-refractivity contribution in [3.05, 3.63) is 24.2 Å². The molecule has 2 rings (SSSR count). The fourth-order valence-corrected chi connectivity index (χ4v) is 3.59. The minimum absolute atomic E-state index is 0. The third-order valence-corrected chi connectivity index (χ3v) is 5.00. The summed E-state index contributed by atoms with van der Waals surface area (Å²) in [7, 11) is 0. The van der Waals surface area contributed by atoms with Crippen LogP contribution in [0.1, 0.15) is 30.8 Å². The Hall–Kier alpha value is -0.900. The Morgan fingerprint density at radius 2 is 2.29 bits per heavy atom. The highest BCUT2D eigenvalue weighted by Crippen LogP contribution is 2.20. The molecule has 1 amide bonds. The number of thioether (sulfide) groups is 1. The molecular formula is C16H27IN4O2S. The number of halogens is 1. The maximum absolute atomic E-state index is 11.8. The molecule has 1 fully saturated rings. The quantitative estimate of drug-likeness (QED) is 0.292. The van der Waals surface area contributed by atoms with Crippen LogP contribution < -0.4 is 10.6 Å². The van der Waals surface area contributed by atoms with Crippen LogP contribution in [0.25, 0.3) is 0 Å². The molecule has 2 N–H and O–H groups in total. The molecule has 1 aliphatic heterocycles. The number of carbonyl (C=O) groups excluding carboxylic acids is 1. The number of carbonyl (C=O) groups is 1. The summed E-state index contributed by atoms with van der Waals surface area (Å²) in [6, 6.07) is 3.35. The lowest BCUT2D eigenvalue weighted by Gasteiger charge is -2.34. The molecular weight excluding hydrogens is 439 g/mol. The van der Waals surface area contributed by atoms with Gasteiger partial charge in [-0.25, -0.2) is 0 Å². The van der Waals surface area contributed by atoms with E-state index in [1.807, 2.05) is 11.8 Å².